The van der Waals surface area contributed by atoms with Crippen LogP contribution in [-0.2, 0) is 12.0 Å². The zero-order valence-electron chi connectivity index (χ0n) is 21.4. The summed E-state index contributed by atoms with van der Waals surface area (Å²) in [5.41, 5.74) is 11.7. The van der Waals surface area contributed by atoms with Gasteiger partial charge in [-0.2, -0.15) is 0 Å². The van der Waals surface area contributed by atoms with E-state index in [1.807, 2.05) is 16.7 Å². The van der Waals surface area contributed by atoms with Crippen molar-refractivity contribution < 1.29 is 0 Å². The van der Waals surface area contributed by atoms with Crippen molar-refractivity contribution in [2.45, 2.75) is 75.7 Å². The smallest absolute Gasteiger partial charge is 0.279 e. The maximum absolute atomic E-state index is 13.9. The summed E-state index contributed by atoms with van der Waals surface area (Å²) in [6.07, 6.45) is 13.8. The van der Waals surface area contributed by atoms with Crippen molar-refractivity contribution in [2.24, 2.45) is 16.1 Å². The van der Waals surface area contributed by atoms with Crippen molar-refractivity contribution in [1.82, 2.24) is 14.5 Å². The Balaban J connectivity index is 1.30. The number of likely N-dealkylation sites (tertiary alicyclic amines) is 1. The third kappa shape index (κ3) is 3.86. The van der Waals surface area contributed by atoms with Crippen LogP contribution >= 0.6 is 0 Å². The largest absolute Gasteiger partial charge is 0.386 e. The molecule has 1 aliphatic heterocycles. The molecule has 7 heteroatoms. The van der Waals surface area contributed by atoms with E-state index in [0.717, 1.165) is 66.7 Å². The summed E-state index contributed by atoms with van der Waals surface area (Å²) in [5, 5.41) is 8.58. The third-order valence-corrected chi connectivity index (χ3v) is 9.43. The molecule has 0 unspecified atom stereocenters. The molecule has 0 radical (unpaired) electrons. The number of aromatic amines is 1. The lowest BCUT2D eigenvalue weighted by Crippen LogP contribution is -2.52. The molecule has 2 aromatic heterocycles. The molecule has 3 heterocycles. The van der Waals surface area contributed by atoms with Crippen LogP contribution in [-0.4, -0.2) is 39.7 Å². The number of aromatic nitrogens is 2. The maximum atomic E-state index is 13.9. The fraction of sp³-hybridized carbons (Fsp3) is 0.500. The average Bonchev–Trinajstić information content (AvgIpc) is 3.82. The van der Waals surface area contributed by atoms with Crippen LogP contribution in [0.1, 0.15) is 80.5 Å². The van der Waals surface area contributed by atoms with E-state index in [9.17, 15) is 4.79 Å². The van der Waals surface area contributed by atoms with Crippen LogP contribution in [0.3, 0.4) is 0 Å². The van der Waals surface area contributed by atoms with Crippen molar-refractivity contribution >= 4 is 23.1 Å². The Hall–Kier alpha value is -3.19. The van der Waals surface area contributed by atoms with Gasteiger partial charge in [-0.3, -0.25) is 19.7 Å². The lowest BCUT2D eigenvalue weighted by Gasteiger charge is -2.48. The number of rotatable bonds is 7. The normalized spacial score (nSPS) is 22.8. The number of piperidine rings is 1. The Morgan fingerprint density at radius 2 is 1.95 bits per heavy atom. The van der Waals surface area contributed by atoms with Crippen LogP contribution in [0.5, 0.6) is 0 Å². The number of nitrogens with one attached hydrogen (secondary N) is 2. The number of pyridine rings is 1. The fourth-order valence-electron chi connectivity index (χ4n) is 7.09. The summed E-state index contributed by atoms with van der Waals surface area (Å²) < 4.78 is 1.84. The Morgan fingerprint density at radius 1 is 1.16 bits per heavy atom. The van der Waals surface area contributed by atoms with E-state index < -0.39 is 0 Å². The molecule has 0 bridgehead atoms. The van der Waals surface area contributed by atoms with Gasteiger partial charge in [-0.25, -0.2) is 4.99 Å². The molecule has 1 aromatic carbocycles. The van der Waals surface area contributed by atoms with Gasteiger partial charge in [-0.15, -0.1) is 0 Å². The first-order valence-electron chi connectivity index (χ1n) is 13.9. The van der Waals surface area contributed by atoms with Gasteiger partial charge in [0.25, 0.3) is 5.56 Å². The highest BCUT2D eigenvalue weighted by molar-refractivity contribution is 5.97. The minimum absolute atomic E-state index is 0.00361. The van der Waals surface area contributed by atoms with E-state index in [2.05, 4.69) is 39.3 Å². The summed E-state index contributed by atoms with van der Waals surface area (Å²) in [5.74, 6) is 1.05. The van der Waals surface area contributed by atoms with Crippen molar-refractivity contribution in [2.75, 3.05) is 13.1 Å². The second kappa shape index (κ2) is 8.42. The number of hydrogen-bond acceptors (Lipinski definition) is 3. The molecule has 3 saturated carbocycles. The molecule has 0 atom stereocenters. The van der Waals surface area contributed by atoms with Crippen molar-refractivity contribution in [3.8, 4) is 5.69 Å². The van der Waals surface area contributed by atoms with Crippen LogP contribution in [0.25, 0.3) is 16.6 Å². The lowest BCUT2D eigenvalue weighted by molar-refractivity contribution is 0.183. The van der Waals surface area contributed by atoms with E-state index in [1.54, 1.807) is 0 Å². The second-order valence-electron chi connectivity index (χ2n) is 12.1. The first-order chi connectivity index (χ1) is 18.0. The third-order valence-electron chi connectivity index (χ3n) is 9.43. The molecule has 1 saturated heterocycles. The Bertz CT molecular complexity index is 1460. The second-order valence-corrected chi connectivity index (χ2v) is 12.1. The Kier molecular flexibility index (Phi) is 5.22. The standard InChI is InChI=1S/C30H36N6O/c31-19-33-28(32)30(17-29(18-30)9-10-29)21-5-4-6-23(13-21)36-16-25(20-7-8-20)24-14-22(34-26(24)27(36)37)15-35-11-2-1-3-12-35/h4-6,13-14,16,19-20,34H,1-3,7-12,15,17-18H2,(H3,31,32,33). The van der Waals surface area contributed by atoms with E-state index in [0.29, 0.717) is 17.2 Å². The van der Waals surface area contributed by atoms with Crippen LogP contribution < -0.4 is 11.3 Å². The SMILES string of the molecule is N=CN=C(N)C1(c2cccc(-n3cc(C4CC4)c4cc(CN5CCCCC5)[nH]c4c3=O)c2)CC2(CC2)C1. The zero-order valence-corrected chi connectivity index (χ0v) is 21.4. The number of H-pyrrole nitrogens is 1. The number of nitrogens with two attached hydrogens (primary N) is 1. The first kappa shape index (κ1) is 23.0. The Labute approximate surface area is 217 Å². The minimum Gasteiger partial charge on any atom is -0.386 e. The Morgan fingerprint density at radius 3 is 2.65 bits per heavy atom. The molecule has 3 aliphatic carbocycles. The summed E-state index contributed by atoms with van der Waals surface area (Å²) in [6.45, 7) is 3.15. The van der Waals surface area contributed by atoms with E-state index in [-0.39, 0.29) is 11.0 Å². The molecule has 4 fully saturated rings. The van der Waals surface area contributed by atoms with Gasteiger partial charge in [0.1, 0.15) is 17.7 Å². The van der Waals surface area contributed by atoms with Crippen LogP contribution in [0.2, 0.25) is 0 Å². The molecule has 3 aromatic rings. The highest BCUT2D eigenvalue weighted by Gasteiger charge is 2.63. The number of aliphatic imine (C=N–C) groups is 1. The first-order valence-corrected chi connectivity index (χ1v) is 13.9. The monoisotopic (exact) mass is 496 g/mol. The van der Waals surface area contributed by atoms with Crippen molar-refractivity contribution in [3.05, 3.63) is 63.7 Å². The topological polar surface area (TPSA) is 103 Å². The molecule has 4 N–H and O–H groups in total. The molecule has 4 aliphatic rings. The molecular formula is C30H36N6O. The number of amidine groups is 1. The molecule has 7 nitrogen and oxygen atoms in total. The van der Waals surface area contributed by atoms with Gasteiger partial charge in [0, 0.05) is 29.5 Å². The number of benzene rings is 1. The van der Waals surface area contributed by atoms with Gasteiger partial charge in [0.15, 0.2) is 0 Å². The van der Waals surface area contributed by atoms with Gasteiger partial charge in [-0.05, 0) is 105 Å². The molecule has 192 valence electrons. The molecule has 7 rings (SSSR count). The van der Waals surface area contributed by atoms with Gasteiger partial charge in [-0.1, -0.05) is 18.6 Å². The molecular weight excluding hydrogens is 460 g/mol. The lowest BCUT2D eigenvalue weighted by atomic mass is 9.55. The van der Waals surface area contributed by atoms with Crippen LogP contribution in [0.15, 0.2) is 46.3 Å². The average molecular weight is 497 g/mol. The van der Waals surface area contributed by atoms with E-state index >= 15 is 0 Å². The van der Waals surface area contributed by atoms with Crippen molar-refractivity contribution in [1.29, 1.82) is 5.41 Å². The predicted octanol–water partition coefficient (Wildman–Crippen LogP) is 4.96. The van der Waals surface area contributed by atoms with E-state index in [1.165, 1.54) is 50.5 Å². The van der Waals surface area contributed by atoms with Gasteiger partial charge in [0.05, 0.1) is 5.41 Å². The van der Waals surface area contributed by atoms with Crippen LogP contribution in [0, 0.1) is 10.8 Å². The summed E-state index contributed by atoms with van der Waals surface area (Å²) in [6, 6.07) is 10.5. The number of hydrogen-bond donors (Lipinski definition) is 3. The molecule has 37 heavy (non-hydrogen) atoms. The maximum Gasteiger partial charge on any atom is 0.279 e. The molecule has 1 spiro atoms. The summed E-state index contributed by atoms with van der Waals surface area (Å²) in [7, 11) is 0. The molecule has 0 amide bonds. The van der Waals surface area contributed by atoms with E-state index in [4.69, 9.17) is 11.1 Å². The highest BCUT2D eigenvalue weighted by Crippen LogP contribution is 2.69. The highest BCUT2D eigenvalue weighted by atomic mass is 16.1. The summed E-state index contributed by atoms with van der Waals surface area (Å²) in [4.78, 5) is 24.1. The predicted molar refractivity (Wildman–Crippen MR) is 148 cm³/mol. The number of nitrogens with zero attached hydrogens (tertiary/aromatic N) is 3. The number of fused-ring (bicyclic) bond motifs is 1. The zero-order chi connectivity index (χ0) is 25.2. The minimum atomic E-state index is -0.342. The summed E-state index contributed by atoms with van der Waals surface area (Å²) >= 11 is 0. The quantitative estimate of drug-likeness (QED) is 0.318. The van der Waals surface area contributed by atoms with Gasteiger partial charge in [0.2, 0.25) is 0 Å². The van der Waals surface area contributed by atoms with Crippen LogP contribution in [0.4, 0.5) is 0 Å². The van der Waals surface area contributed by atoms with Gasteiger partial charge < -0.3 is 10.7 Å². The van der Waals surface area contributed by atoms with Crippen molar-refractivity contribution in [3.63, 3.8) is 0 Å². The fourth-order valence-corrected chi connectivity index (χ4v) is 7.09. The van der Waals surface area contributed by atoms with Gasteiger partial charge >= 0.3 is 0 Å².